The van der Waals surface area contributed by atoms with Crippen LogP contribution in [0, 0.1) is 0 Å². The Morgan fingerprint density at radius 3 is 2.83 bits per heavy atom. The molecule has 102 valence electrons. The summed E-state index contributed by atoms with van der Waals surface area (Å²) in [6.45, 7) is 3.55. The van der Waals surface area contributed by atoms with Gasteiger partial charge in [0.2, 0.25) is 5.91 Å². The second kappa shape index (κ2) is 7.74. The number of amides is 1. The molecule has 1 amide bonds. The molecular formula is C12H20ClN3OS. The van der Waals surface area contributed by atoms with E-state index in [1.54, 1.807) is 0 Å². The van der Waals surface area contributed by atoms with Gasteiger partial charge in [0.25, 0.3) is 0 Å². The second-order valence-electron chi connectivity index (χ2n) is 4.16. The van der Waals surface area contributed by atoms with Crippen molar-refractivity contribution in [2.45, 2.75) is 19.4 Å². The van der Waals surface area contributed by atoms with Crippen molar-refractivity contribution in [1.29, 1.82) is 0 Å². The van der Waals surface area contributed by atoms with E-state index in [0.29, 0.717) is 19.6 Å². The third-order valence-electron chi connectivity index (χ3n) is 2.64. The largest absolute Gasteiger partial charge is 0.355 e. The van der Waals surface area contributed by atoms with Crippen LogP contribution in [0.1, 0.15) is 24.3 Å². The van der Waals surface area contributed by atoms with E-state index >= 15 is 0 Å². The van der Waals surface area contributed by atoms with Gasteiger partial charge in [-0.05, 0) is 25.6 Å². The number of halogens is 1. The molecule has 0 radical (unpaired) electrons. The van der Waals surface area contributed by atoms with Crippen molar-refractivity contribution in [3.63, 3.8) is 0 Å². The molecule has 0 aliphatic rings. The Balaban J connectivity index is 2.57. The fourth-order valence-electron chi connectivity index (χ4n) is 1.68. The number of hydrogen-bond donors (Lipinski definition) is 2. The summed E-state index contributed by atoms with van der Waals surface area (Å²) < 4.78 is 0.743. The molecule has 0 bridgehead atoms. The quantitative estimate of drug-likeness (QED) is 0.805. The molecule has 18 heavy (non-hydrogen) atoms. The van der Waals surface area contributed by atoms with E-state index in [9.17, 15) is 4.79 Å². The highest BCUT2D eigenvalue weighted by atomic mass is 35.5. The molecule has 4 nitrogen and oxygen atoms in total. The Labute approximate surface area is 117 Å². The van der Waals surface area contributed by atoms with Gasteiger partial charge >= 0.3 is 0 Å². The van der Waals surface area contributed by atoms with Crippen LogP contribution < -0.4 is 11.1 Å². The first-order valence-electron chi connectivity index (χ1n) is 6.00. The molecule has 0 saturated carbocycles. The summed E-state index contributed by atoms with van der Waals surface area (Å²) in [7, 11) is 1.90. The molecule has 1 unspecified atom stereocenters. The molecule has 1 rings (SSSR count). The van der Waals surface area contributed by atoms with Crippen molar-refractivity contribution in [3.8, 4) is 0 Å². The first-order valence-corrected chi connectivity index (χ1v) is 7.20. The topological polar surface area (TPSA) is 58.4 Å². The van der Waals surface area contributed by atoms with Gasteiger partial charge in [-0.15, -0.1) is 11.3 Å². The first kappa shape index (κ1) is 15.4. The third-order valence-corrected chi connectivity index (χ3v) is 3.98. The van der Waals surface area contributed by atoms with Crippen LogP contribution in [0.3, 0.4) is 0 Å². The Morgan fingerprint density at radius 1 is 1.61 bits per heavy atom. The van der Waals surface area contributed by atoms with E-state index in [4.69, 9.17) is 17.3 Å². The van der Waals surface area contributed by atoms with Crippen LogP contribution in [0.2, 0.25) is 4.34 Å². The molecule has 0 fully saturated rings. The summed E-state index contributed by atoms with van der Waals surface area (Å²) in [6.07, 6.45) is 0.941. The number of carbonyl (C=O) groups is 1. The van der Waals surface area contributed by atoms with Gasteiger partial charge in [0.1, 0.15) is 0 Å². The molecule has 0 aliphatic heterocycles. The van der Waals surface area contributed by atoms with Gasteiger partial charge in [-0.25, -0.2) is 0 Å². The lowest BCUT2D eigenvalue weighted by Gasteiger charge is -2.25. The van der Waals surface area contributed by atoms with Gasteiger partial charge in [-0.1, -0.05) is 18.5 Å². The summed E-state index contributed by atoms with van der Waals surface area (Å²) in [5.74, 6) is 0.0282. The van der Waals surface area contributed by atoms with Crippen LogP contribution in [0.4, 0.5) is 0 Å². The lowest BCUT2D eigenvalue weighted by Crippen LogP contribution is -2.39. The summed E-state index contributed by atoms with van der Waals surface area (Å²) in [6, 6.07) is 3.86. The normalized spacial score (nSPS) is 12.7. The fourth-order valence-corrected chi connectivity index (χ4v) is 2.92. The molecule has 1 aromatic heterocycles. The van der Waals surface area contributed by atoms with Crippen molar-refractivity contribution >= 4 is 28.8 Å². The number of nitrogens with one attached hydrogen (secondary N) is 1. The van der Waals surface area contributed by atoms with Gasteiger partial charge in [-0.3, -0.25) is 9.69 Å². The Bertz CT molecular complexity index is 383. The highest BCUT2D eigenvalue weighted by molar-refractivity contribution is 7.16. The predicted molar refractivity (Wildman–Crippen MR) is 77.1 cm³/mol. The zero-order valence-corrected chi connectivity index (χ0v) is 12.4. The maximum absolute atomic E-state index is 11.7. The Hall–Kier alpha value is -0.620. The minimum absolute atomic E-state index is 0.0282. The van der Waals surface area contributed by atoms with Gasteiger partial charge in [0, 0.05) is 18.0 Å². The van der Waals surface area contributed by atoms with Crippen LogP contribution >= 0.6 is 22.9 Å². The summed E-state index contributed by atoms with van der Waals surface area (Å²) in [5, 5.41) is 2.85. The molecule has 0 aliphatic carbocycles. The lowest BCUT2D eigenvalue weighted by molar-refractivity contribution is -0.122. The Morgan fingerprint density at radius 2 is 2.33 bits per heavy atom. The minimum atomic E-state index is 0.0282. The highest BCUT2D eigenvalue weighted by Crippen LogP contribution is 2.29. The second-order valence-corrected chi connectivity index (χ2v) is 5.91. The monoisotopic (exact) mass is 289 g/mol. The summed E-state index contributed by atoms with van der Waals surface area (Å²) >= 11 is 7.43. The van der Waals surface area contributed by atoms with Gasteiger partial charge in [-0.2, -0.15) is 0 Å². The molecule has 0 saturated heterocycles. The number of nitrogens with zero attached hydrogens (tertiary/aromatic N) is 1. The van der Waals surface area contributed by atoms with Crippen molar-refractivity contribution < 1.29 is 4.79 Å². The van der Waals surface area contributed by atoms with Crippen molar-refractivity contribution in [2.75, 3.05) is 26.7 Å². The molecule has 3 N–H and O–H groups in total. The van der Waals surface area contributed by atoms with Crippen LogP contribution in [0.5, 0.6) is 0 Å². The van der Waals surface area contributed by atoms with E-state index in [2.05, 4.69) is 5.32 Å². The molecule has 0 aromatic carbocycles. The van der Waals surface area contributed by atoms with Crippen molar-refractivity contribution in [2.24, 2.45) is 5.73 Å². The average Bonchev–Trinajstić information content (AvgIpc) is 2.74. The number of carbonyl (C=O) groups excluding carboxylic acids is 1. The Kier molecular flexibility index (Phi) is 6.63. The van der Waals surface area contributed by atoms with E-state index in [1.165, 1.54) is 11.3 Å². The first-order chi connectivity index (χ1) is 8.58. The lowest BCUT2D eigenvalue weighted by atomic mass is 10.2. The van der Waals surface area contributed by atoms with Gasteiger partial charge in [0.15, 0.2) is 0 Å². The summed E-state index contributed by atoms with van der Waals surface area (Å²) in [5.41, 5.74) is 5.78. The van der Waals surface area contributed by atoms with Crippen LogP contribution in [0.25, 0.3) is 0 Å². The third kappa shape index (κ3) is 4.57. The van der Waals surface area contributed by atoms with Crippen molar-refractivity contribution in [3.05, 3.63) is 21.3 Å². The van der Waals surface area contributed by atoms with Crippen LogP contribution in [-0.4, -0.2) is 37.5 Å². The molecule has 6 heteroatoms. The number of rotatable bonds is 7. The average molecular weight is 290 g/mol. The zero-order valence-electron chi connectivity index (χ0n) is 10.8. The van der Waals surface area contributed by atoms with Gasteiger partial charge < -0.3 is 11.1 Å². The van der Waals surface area contributed by atoms with Crippen LogP contribution in [0.15, 0.2) is 12.1 Å². The smallest absolute Gasteiger partial charge is 0.234 e. The maximum Gasteiger partial charge on any atom is 0.234 e. The van der Waals surface area contributed by atoms with Crippen LogP contribution in [-0.2, 0) is 4.79 Å². The van der Waals surface area contributed by atoms with Gasteiger partial charge in [0.05, 0.1) is 16.9 Å². The number of hydrogen-bond acceptors (Lipinski definition) is 4. The standard InChI is InChI=1S/C12H20ClN3OS/c1-3-6-15-12(17)8-16(2)9(7-14)10-4-5-11(13)18-10/h4-5,9H,3,6-8,14H2,1-2H3,(H,15,17). The van der Waals surface area contributed by atoms with E-state index in [1.807, 2.05) is 31.0 Å². The molecule has 1 heterocycles. The van der Waals surface area contributed by atoms with E-state index in [0.717, 1.165) is 15.6 Å². The maximum atomic E-state index is 11.7. The molecule has 0 spiro atoms. The molecular weight excluding hydrogens is 270 g/mol. The van der Waals surface area contributed by atoms with Crippen molar-refractivity contribution in [1.82, 2.24) is 10.2 Å². The minimum Gasteiger partial charge on any atom is -0.355 e. The van der Waals surface area contributed by atoms with E-state index in [-0.39, 0.29) is 11.9 Å². The number of thiophene rings is 1. The number of nitrogens with two attached hydrogens (primary N) is 1. The predicted octanol–water partition coefficient (Wildman–Crippen LogP) is 1.86. The zero-order chi connectivity index (χ0) is 13.5. The SMILES string of the molecule is CCCNC(=O)CN(C)C(CN)c1ccc(Cl)s1. The molecule has 1 aromatic rings. The highest BCUT2D eigenvalue weighted by Gasteiger charge is 2.19. The fraction of sp³-hybridized carbons (Fsp3) is 0.583. The summed E-state index contributed by atoms with van der Waals surface area (Å²) in [4.78, 5) is 14.7. The molecule has 1 atom stereocenters. The number of likely N-dealkylation sites (N-methyl/N-ethyl adjacent to an activating group) is 1. The van der Waals surface area contributed by atoms with E-state index < -0.39 is 0 Å².